The third-order valence-corrected chi connectivity index (χ3v) is 5.79. The molecule has 0 radical (unpaired) electrons. The lowest BCUT2D eigenvalue weighted by Crippen LogP contribution is -2.22. The van der Waals surface area contributed by atoms with Crippen molar-refractivity contribution < 1.29 is 14.5 Å². The SMILES string of the molecule is Cc1ccc([N+](=O)[O-])cc1NC(=O)C(C)Sc1cccc(NC(=O)/C=C/c2ccccc2)c1. The molecule has 0 aromatic heterocycles. The van der Waals surface area contributed by atoms with Crippen molar-refractivity contribution in [3.8, 4) is 0 Å². The molecular formula is C25H23N3O4S. The Morgan fingerprint density at radius 3 is 2.48 bits per heavy atom. The van der Waals surface area contributed by atoms with E-state index in [2.05, 4.69) is 10.6 Å². The molecule has 3 aromatic carbocycles. The monoisotopic (exact) mass is 461 g/mol. The molecule has 3 aromatic rings. The summed E-state index contributed by atoms with van der Waals surface area (Å²) in [6.45, 7) is 3.52. The highest BCUT2D eigenvalue weighted by molar-refractivity contribution is 8.00. The topological polar surface area (TPSA) is 101 Å². The Bertz CT molecular complexity index is 1200. The molecule has 8 heteroatoms. The van der Waals surface area contributed by atoms with Crippen LogP contribution in [0, 0.1) is 17.0 Å². The number of nitrogens with one attached hydrogen (secondary N) is 2. The van der Waals surface area contributed by atoms with E-state index in [1.54, 1.807) is 44.2 Å². The van der Waals surface area contributed by atoms with Gasteiger partial charge in [0.25, 0.3) is 5.69 Å². The van der Waals surface area contributed by atoms with Gasteiger partial charge in [-0.3, -0.25) is 19.7 Å². The number of carbonyl (C=O) groups excluding carboxylic acids is 2. The van der Waals surface area contributed by atoms with Crippen LogP contribution in [0.3, 0.4) is 0 Å². The maximum Gasteiger partial charge on any atom is 0.271 e. The van der Waals surface area contributed by atoms with Crippen molar-refractivity contribution in [2.75, 3.05) is 10.6 Å². The molecule has 33 heavy (non-hydrogen) atoms. The first-order chi connectivity index (χ1) is 15.8. The van der Waals surface area contributed by atoms with E-state index in [4.69, 9.17) is 0 Å². The quantitative estimate of drug-likeness (QED) is 0.195. The molecule has 7 nitrogen and oxygen atoms in total. The van der Waals surface area contributed by atoms with Gasteiger partial charge in [0.1, 0.15) is 0 Å². The second kappa shape index (κ2) is 11.1. The summed E-state index contributed by atoms with van der Waals surface area (Å²) in [6.07, 6.45) is 3.20. The summed E-state index contributed by atoms with van der Waals surface area (Å²) in [5.74, 6) is -0.531. The van der Waals surface area contributed by atoms with E-state index in [0.717, 1.165) is 16.0 Å². The standard InChI is InChI=1S/C25H23N3O4S/c1-17-11-13-21(28(31)32)16-23(17)27-25(30)18(2)33-22-10-6-9-20(15-22)26-24(29)14-12-19-7-4-3-5-8-19/h3-16,18H,1-2H3,(H,26,29)(H,27,30)/b14-12+. The van der Waals surface area contributed by atoms with Gasteiger partial charge in [-0.2, -0.15) is 0 Å². The van der Waals surface area contributed by atoms with Gasteiger partial charge in [0.15, 0.2) is 0 Å². The molecule has 0 heterocycles. The number of benzene rings is 3. The van der Waals surface area contributed by atoms with Gasteiger partial charge < -0.3 is 10.6 Å². The van der Waals surface area contributed by atoms with Crippen molar-refractivity contribution in [3.63, 3.8) is 0 Å². The van der Waals surface area contributed by atoms with Gasteiger partial charge in [0, 0.05) is 28.8 Å². The van der Waals surface area contributed by atoms with Gasteiger partial charge in [0.05, 0.1) is 15.9 Å². The summed E-state index contributed by atoms with van der Waals surface area (Å²) in [5, 5.41) is 16.1. The number of amides is 2. The van der Waals surface area contributed by atoms with Crippen LogP contribution in [-0.4, -0.2) is 22.0 Å². The third-order valence-electron chi connectivity index (χ3n) is 4.70. The number of carbonyl (C=O) groups is 2. The largest absolute Gasteiger partial charge is 0.325 e. The molecule has 168 valence electrons. The molecule has 0 saturated heterocycles. The van der Waals surface area contributed by atoms with E-state index in [0.29, 0.717) is 11.4 Å². The van der Waals surface area contributed by atoms with Gasteiger partial charge in [-0.1, -0.05) is 42.5 Å². The number of nitro benzene ring substituents is 1. The number of rotatable bonds is 8. The zero-order valence-corrected chi connectivity index (χ0v) is 19.0. The maximum absolute atomic E-state index is 12.7. The van der Waals surface area contributed by atoms with Crippen LogP contribution in [-0.2, 0) is 9.59 Å². The molecule has 2 N–H and O–H groups in total. The lowest BCUT2D eigenvalue weighted by molar-refractivity contribution is -0.384. The number of hydrogen-bond donors (Lipinski definition) is 2. The van der Waals surface area contributed by atoms with Crippen molar-refractivity contribution in [1.82, 2.24) is 0 Å². The van der Waals surface area contributed by atoms with E-state index < -0.39 is 10.2 Å². The maximum atomic E-state index is 12.7. The molecule has 1 unspecified atom stereocenters. The van der Waals surface area contributed by atoms with E-state index >= 15 is 0 Å². The highest BCUT2D eigenvalue weighted by atomic mass is 32.2. The normalized spacial score (nSPS) is 11.7. The summed E-state index contributed by atoms with van der Waals surface area (Å²) < 4.78 is 0. The number of hydrogen-bond acceptors (Lipinski definition) is 5. The molecule has 0 aliphatic heterocycles. The van der Waals surface area contributed by atoms with Crippen LogP contribution in [0.4, 0.5) is 17.1 Å². The molecule has 3 rings (SSSR count). The number of non-ortho nitro benzene ring substituents is 1. The predicted molar refractivity (Wildman–Crippen MR) is 132 cm³/mol. The molecule has 0 fully saturated rings. The Balaban J connectivity index is 1.61. The first kappa shape index (κ1) is 23.7. The third kappa shape index (κ3) is 7.05. The van der Waals surface area contributed by atoms with Crippen molar-refractivity contribution in [2.24, 2.45) is 0 Å². The highest BCUT2D eigenvalue weighted by Gasteiger charge is 2.17. The van der Waals surface area contributed by atoms with E-state index in [1.165, 1.54) is 30.0 Å². The lowest BCUT2D eigenvalue weighted by Gasteiger charge is -2.14. The lowest BCUT2D eigenvalue weighted by atomic mass is 10.2. The number of nitrogens with zero attached hydrogens (tertiary/aromatic N) is 1. The zero-order chi connectivity index (χ0) is 23.8. The van der Waals surface area contributed by atoms with Crippen LogP contribution in [0.1, 0.15) is 18.1 Å². The van der Waals surface area contributed by atoms with E-state index in [9.17, 15) is 19.7 Å². The van der Waals surface area contributed by atoms with Crippen LogP contribution >= 0.6 is 11.8 Å². The molecular weight excluding hydrogens is 438 g/mol. The Morgan fingerprint density at radius 1 is 1.00 bits per heavy atom. The molecule has 0 aliphatic rings. The summed E-state index contributed by atoms with van der Waals surface area (Å²) in [5.41, 5.74) is 2.61. The fourth-order valence-electron chi connectivity index (χ4n) is 2.92. The Labute approximate surface area is 196 Å². The van der Waals surface area contributed by atoms with Crippen LogP contribution in [0.15, 0.2) is 83.8 Å². The van der Waals surface area contributed by atoms with Crippen molar-refractivity contribution >= 4 is 46.7 Å². The van der Waals surface area contributed by atoms with Crippen LogP contribution in [0.5, 0.6) is 0 Å². The fourth-order valence-corrected chi connectivity index (χ4v) is 3.84. The second-order valence-electron chi connectivity index (χ2n) is 7.27. The predicted octanol–water partition coefficient (Wildman–Crippen LogP) is 5.67. The Morgan fingerprint density at radius 2 is 1.76 bits per heavy atom. The van der Waals surface area contributed by atoms with Crippen LogP contribution in [0.2, 0.25) is 0 Å². The molecule has 1 atom stereocenters. The minimum absolute atomic E-state index is 0.0824. The van der Waals surface area contributed by atoms with E-state index in [-0.39, 0.29) is 17.5 Å². The smallest absolute Gasteiger partial charge is 0.271 e. The van der Waals surface area contributed by atoms with Crippen LogP contribution < -0.4 is 10.6 Å². The second-order valence-corrected chi connectivity index (χ2v) is 8.68. The zero-order valence-electron chi connectivity index (χ0n) is 18.1. The molecule has 0 aliphatic carbocycles. The van der Waals surface area contributed by atoms with Crippen molar-refractivity contribution in [2.45, 2.75) is 24.0 Å². The summed E-state index contributed by atoms with van der Waals surface area (Å²) in [7, 11) is 0. The Hall–Kier alpha value is -3.91. The van der Waals surface area contributed by atoms with Gasteiger partial charge >= 0.3 is 0 Å². The average Bonchev–Trinajstić information content (AvgIpc) is 2.80. The molecule has 2 amide bonds. The Kier molecular flexibility index (Phi) is 7.99. The minimum Gasteiger partial charge on any atom is -0.325 e. The van der Waals surface area contributed by atoms with Crippen molar-refractivity contribution in [1.29, 1.82) is 0 Å². The van der Waals surface area contributed by atoms with Gasteiger partial charge in [-0.25, -0.2) is 0 Å². The van der Waals surface area contributed by atoms with E-state index in [1.807, 2.05) is 36.4 Å². The first-order valence-corrected chi connectivity index (χ1v) is 11.1. The van der Waals surface area contributed by atoms with Gasteiger partial charge in [0.2, 0.25) is 11.8 Å². The number of anilines is 2. The summed E-state index contributed by atoms with van der Waals surface area (Å²) >= 11 is 1.32. The van der Waals surface area contributed by atoms with Crippen molar-refractivity contribution in [3.05, 3.63) is 100 Å². The summed E-state index contributed by atoms with van der Waals surface area (Å²) in [4.78, 5) is 36.2. The van der Waals surface area contributed by atoms with Crippen LogP contribution in [0.25, 0.3) is 6.08 Å². The average molecular weight is 462 g/mol. The molecule has 0 spiro atoms. The van der Waals surface area contributed by atoms with Gasteiger partial charge in [-0.05, 0) is 49.2 Å². The highest BCUT2D eigenvalue weighted by Crippen LogP contribution is 2.28. The number of thioether (sulfide) groups is 1. The first-order valence-electron chi connectivity index (χ1n) is 10.2. The molecule has 0 saturated carbocycles. The number of nitro groups is 1. The summed E-state index contributed by atoms with van der Waals surface area (Å²) in [6, 6.07) is 21.1. The van der Waals surface area contributed by atoms with Gasteiger partial charge in [-0.15, -0.1) is 11.8 Å². The molecule has 0 bridgehead atoms. The number of aryl methyl sites for hydroxylation is 1. The minimum atomic E-state index is -0.498. The fraction of sp³-hybridized carbons (Fsp3) is 0.120.